The number of ether oxygens (including phenoxy) is 2. The van der Waals surface area contributed by atoms with E-state index in [2.05, 4.69) is 29.3 Å². The van der Waals surface area contributed by atoms with E-state index in [0.29, 0.717) is 11.5 Å². The van der Waals surface area contributed by atoms with Crippen LogP contribution < -0.4 is 19.7 Å². The Balaban J connectivity index is 1.36. The first-order valence-corrected chi connectivity index (χ1v) is 9.23. The summed E-state index contributed by atoms with van der Waals surface area (Å²) < 4.78 is 11.4. The normalized spacial score (nSPS) is 19.9. The number of benzene rings is 2. The van der Waals surface area contributed by atoms with E-state index < -0.39 is 6.10 Å². The molecule has 0 saturated carbocycles. The maximum Gasteiger partial charge on any atom is 0.269 e. The van der Waals surface area contributed by atoms with Crippen LogP contribution in [0.25, 0.3) is 0 Å². The van der Waals surface area contributed by atoms with Gasteiger partial charge < -0.3 is 19.7 Å². The molecule has 2 aliphatic rings. The Labute approximate surface area is 153 Å². The summed E-state index contributed by atoms with van der Waals surface area (Å²) in [5, 5.41) is 2.92. The van der Waals surface area contributed by atoms with Crippen molar-refractivity contribution in [1.29, 1.82) is 0 Å². The molecule has 0 aromatic heterocycles. The molecule has 0 aliphatic carbocycles. The number of carbonyl (C=O) groups excluding carboxylic acids is 1. The van der Waals surface area contributed by atoms with E-state index in [9.17, 15) is 4.79 Å². The van der Waals surface area contributed by atoms with Gasteiger partial charge in [-0.2, -0.15) is 0 Å². The van der Waals surface area contributed by atoms with Crippen molar-refractivity contribution in [2.75, 3.05) is 29.9 Å². The van der Waals surface area contributed by atoms with Gasteiger partial charge in [0.1, 0.15) is 6.61 Å². The highest BCUT2D eigenvalue weighted by atomic mass is 16.6. The molecule has 2 heterocycles. The van der Waals surface area contributed by atoms with Crippen LogP contribution in [-0.4, -0.2) is 31.7 Å². The largest absolute Gasteiger partial charge is 0.485 e. The lowest BCUT2D eigenvalue weighted by molar-refractivity contribution is -0.125. The summed E-state index contributed by atoms with van der Waals surface area (Å²) in [6.07, 6.45) is 1.82. The molecule has 5 nitrogen and oxygen atoms in total. The van der Waals surface area contributed by atoms with Crippen molar-refractivity contribution in [2.45, 2.75) is 25.9 Å². The van der Waals surface area contributed by atoms with E-state index >= 15 is 0 Å². The van der Waals surface area contributed by atoms with Crippen LogP contribution in [0.4, 0.5) is 11.4 Å². The SMILES string of the molecule is CC1CCN(c2ccc(NC(=O)C3COc4ccccc4O3)cc2)CC1. The van der Waals surface area contributed by atoms with Crippen molar-refractivity contribution in [2.24, 2.45) is 5.92 Å². The maximum absolute atomic E-state index is 12.5. The minimum atomic E-state index is -0.645. The topological polar surface area (TPSA) is 50.8 Å². The summed E-state index contributed by atoms with van der Waals surface area (Å²) in [5.41, 5.74) is 1.98. The highest BCUT2D eigenvalue weighted by Crippen LogP contribution is 2.31. The lowest BCUT2D eigenvalue weighted by Crippen LogP contribution is -2.40. The fourth-order valence-electron chi connectivity index (χ4n) is 3.39. The minimum Gasteiger partial charge on any atom is -0.485 e. The zero-order valence-electron chi connectivity index (χ0n) is 15.0. The van der Waals surface area contributed by atoms with Crippen LogP contribution in [0.5, 0.6) is 11.5 Å². The predicted octanol–water partition coefficient (Wildman–Crippen LogP) is 3.70. The van der Waals surface area contributed by atoms with Gasteiger partial charge in [-0.05, 0) is 55.2 Å². The van der Waals surface area contributed by atoms with Gasteiger partial charge in [-0.25, -0.2) is 0 Å². The smallest absolute Gasteiger partial charge is 0.269 e. The molecule has 1 saturated heterocycles. The van der Waals surface area contributed by atoms with Crippen LogP contribution in [0.2, 0.25) is 0 Å². The number of para-hydroxylation sites is 2. The summed E-state index contributed by atoms with van der Waals surface area (Å²) in [6.45, 7) is 4.72. The quantitative estimate of drug-likeness (QED) is 0.915. The van der Waals surface area contributed by atoms with Gasteiger partial charge >= 0.3 is 0 Å². The van der Waals surface area contributed by atoms with Gasteiger partial charge in [-0.3, -0.25) is 4.79 Å². The predicted molar refractivity (Wildman–Crippen MR) is 102 cm³/mol. The molecule has 26 heavy (non-hydrogen) atoms. The fraction of sp³-hybridized carbons (Fsp3) is 0.381. The summed E-state index contributed by atoms with van der Waals surface area (Å²) in [5.74, 6) is 1.90. The van der Waals surface area contributed by atoms with Crippen LogP contribution in [-0.2, 0) is 4.79 Å². The Morgan fingerprint density at radius 3 is 2.46 bits per heavy atom. The first-order chi connectivity index (χ1) is 12.7. The monoisotopic (exact) mass is 352 g/mol. The molecular weight excluding hydrogens is 328 g/mol. The maximum atomic E-state index is 12.5. The van der Waals surface area contributed by atoms with Crippen LogP contribution in [0, 0.1) is 5.92 Å². The first-order valence-electron chi connectivity index (χ1n) is 9.23. The van der Waals surface area contributed by atoms with Crippen molar-refractivity contribution in [3.05, 3.63) is 48.5 Å². The summed E-state index contributed by atoms with van der Waals surface area (Å²) in [4.78, 5) is 14.9. The number of anilines is 2. The van der Waals surface area contributed by atoms with E-state index in [-0.39, 0.29) is 12.5 Å². The summed E-state index contributed by atoms with van der Waals surface area (Å²) >= 11 is 0. The molecule has 2 aromatic carbocycles. The minimum absolute atomic E-state index is 0.195. The second-order valence-corrected chi connectivity index (χ2v) is 7.07. The van der Waals surface area contributed by atoms with Gasteiger partial charge in [0.15, 0.2) is 11.5 Å². The number of fused-ring (bicyclic) bond motifs is 1. The number of piperidine rings is 1. The van der Waals surface area contributed by atoms with Crippen molar-refractivity contribution in [1.82, 2.24) is 0 Å². The van der Waals surface area contributed by atoms with Gasteiger partial charge in [0.05, 0.1) is 0 Å². The molecule has 1 fully saturated rings. The molecule has 2 aromatic rings. The van der Waals surface area contributed by atoms with Crippen LogP contribution in [0.15, 0.2) is 48.5 Å². The third-order valence-corrected chi connectivity index (χ3v) is 5.08. The number of hydrogen-bond acceptors (Lipinski definition) is 4. The Hall–Kier alpha value is -2.69. The summed E-state index contributed by atoms with van der Waals surface area (Å²) in [6, 6.07) is 15.4. The number of amides is 1. The van der Waals surface area contributed by atoms with Crippen LogP contribution >= 0.6 is 0 Å². The molecule has 2 aliphatic heterocycles. The molecule has 4 rings (SSSR count). The molecule has 1 N–H and O–H groups in total. The van der Waals surface area contributed by atoms with E-state index in [1.807, 2.05) is 36.4 Å². The molecule has 1 amide bonds. The van der Waals surface area contributed by atoms with Crippen molar-refractivity contribution < 1.29 is 14.3 Å². The lowest BCUT2D eigenvalue weighted by atomic mass is 9.99. The van der Waals surface area contributed by atoms with Crippen LogP contribution in [0.1, 0.15) is 19.8 Å². The van der Waals surface area contributed by atoms with Crippen molar-refractivity contribution >= 4 is 17.3 Å². The number of rotatable bonds is 3. The fourth-order valence-corrected chi connectivity index (χ4v) is 3.39. The standard InChI is InChI=1S/C21H24N2O3/c1-15-10-12-23(13-11-15)17-8-6-16(7-9-17)22-21(24)20-14-25-18-4-2-3-5-19(18)26-20/h2-9,15,20H,10-14H2,1H3,(H,22,24). The Morgan fingerprint density at radius 2 is 1.73 bits per heavy atom. The zero-order chi connectivity index (χ0) is 17.9. The van der Waals surface area contributed by atoms with Gasteiger partial charge in [-0.1, -0.05) is 19.1 Å². The Bertz CT molecular complexity index is 767. The second-order valence-electron chi connectivity index (χ2n) is 7.07. The zero-order valence-corrected chi connectivity index (χ0v) is 15.0. The molecule has 1 unspecified atom stereocenters. The van der Waals surface area contributed by atoms with E-state index in [4.69, 9.17) is 9.47 Å². The molecular formula is C21H24N2O3. The molecule has 1 atom stereocenters. The molecule has 0 spiro atoms. The highest BCUT2D eigenvalue weighted by Gasteiger charge is 2.27. The number of hydrogen-bond donors (Lipinski definition) is 1. The van der Waals surface area contributed by atoms with Gasteiger partial charge in [0.25, 0.3) is 5.91 Å². The summed E-state index contributed by atoms with van der Waals surface area (Å²) in [7, 11) is 0. The van der Waals surface area contributed by atoms with Crippen LogP contribution in [0.3, 0.4) is 0 Å². The van der Waals surface area contributed by atoms with Crippen molar-refractivity contribution in [3.8, 4) is 11.5 Å². The third kappa shape index (κ3) is 3.62. The van der Waals surface area contributed by atoms with Gasteiger partial charge in [0, 0.05) is 24.5 Å². The third-order valence-electron chi connectivity index (χ3n) is 5.08. The molecule has 5 heteroatoms. The average molecular weight is 352 g/mol. The highest BCUT2D eigenvalue weighted by molar-refractivity contribution is 5.94. The first kappa shape index (κ1) is 16.8. The van der Waals surface area contributed by atoms with E-state index in [0.717, 1.165) is 24.7 Å². The lowest BCUT2D eigenvalue weighted by Gasteiger charge is -2.32. The molecule has 136 valence electrons. The van der Waals surface area contributed by atoms with Crippen molar-refractivity contribution in [3.63, 3.8) is 0 Å². The Morgan fingerprint density at radius 1 is 1.04 bits per heavy atom. The molecule has 0 radical (unpaired) electrons. The number of nitrogens with zero attached hydrogens (tertiary/aromatic N) is 1. The second kappa shape index (κ2) is 7.28. The number of nitrogens with one attached hydrogen (secondary N) is 1. The Kier molecular flexibility index (Phi) is 4.69. The number of carbonyl (C=O) groups is 1. The van der Waals surface area contributed by atoms with E-state index in [1.54, 1.807) is 0 Å². The van der Waals surface area contributed by atoms with Gasteiger partial charge in [0.2, 0.25) is 6.10 Å². The average Bonchev–Trinajstić information content (AvgIpc) is 2.69. The molecule has 0 bridgehead atoms. The van der Waals surface area contributed by atoms with E-state index in [1.165, 1.54) is 18.5 Å². The van der Waals surface area contributed by atoms with Gasteiger partial charge in [-0.15, -0.1) is 0 Å².